The minimum absolute atomic E-state index is 0.0877. The lowest BCUT2D eigenvalue weighted by atomic mass is 10.1. The smallest absolute Gasteiger partial charge is 0.279 e. The van der Waals surface area contributed by atoms with E-state index in [1.54, 1.807) is 0 Å². The van der Waals surface area contributed by atoms with E-state index in [0.717, 1.165) is 31.4 Å². The fourth-order valence-corrected chi connectivity index (χ4v) is 3.88. The monoisotopic (exact) mass is 326 g/mol. The minimum atomic E-state index is -3.32. The maximum atomic E-state index is 12.1. The van der Waals surface area contributed by atoms with Crippen LogP contribution in [-0.4, -0.2) is 38.5 Å². The Morgan fingerprint density at radius 1 is 1.27 bits per heavy atom. The molecule has 0 bridgehead atoms. The molecule has 0 spiro atoms. The van der Waals surface area contributed by atoms with Gasteiger partial charge in [0, 0.05) is 19.6 Å². The van der Waals surface area contributed by atoms with E-state index in [9.17, 15) is 8.42 Å². The fraction of sp³-hybridized carbons (Fsp3) is 0.625. The van der Waals surface area contributed by atoms with Crippen molar-refractivity contribution in [1.29, 1.82) is 0 Å². The molecule has 0 saturated carbocycles. The van der Waals surface area contributed by atoms with Crippen LogP contribution in [-0.2, 0) is 16.6 Å². The molecule has 0 radical (unpaired) electrons. The first-order valence-electron chi connectivity index (χ1n) is 8.05. The van der Waals surface area contributed by atoms with Gasteiger partial charge in [-0.3, -0.25) is 0 Å². The van der Waals surface area contributed by atoms with E-state index in [1.807, 2.05) is 19.1 Å². The molecule has 6 heteroatoms. The van der Waals surface area contributed by atoms with Crippen LogP contribution >= 0.6 is 0 Å². The summed E-state index contributed by atoms with van der Waals surface area (Å²) in [5.74, 6) is 0.879. The first kappa shape index (κ1) is 17.2. The van der Waals surface area contributed by atoms with Crippen LogP contribution in [0.15, 0.2) is 24.3 Å². The molecule has 1 aromatic rings. The first-order chi connectivity index (χ1) is 10.5. The number of hydrogen-bond donors (Lipinski definition) is 1. The lowest BCUT2D eigenvalue weighted by molar-refractivity contribution is 0.134. The van der Waals surface area contributed by atoms with E-state index in [-0.39, 0.29) is 6.10 Å². The number of ether oxygens (including phenoxy) is 1. The summed E-state index contributed by atoms with van der Waals surface area (Å²) in [4.78, 5) is 0. The van der Waals surface area contributed by atoms with Crippen molar-refractivity contribution in [2.24, 2.45) is 0 Å². The van der Waals surface area contributed by atoms with Crippen LogP contribution in [0.25, 0.3) is 0 Å². The van der Waals surface area contributed by atoms with Crippen LogP contribution in [0.5, 0.6) is 5.75 Å². The number of benzene rings is 1. The second-order valence-corrected chi connectivity index (χ2v) is 7.37. The zero-order valence-corrected chi connectivity index (χ0v) is 14.2. The van der Waals surface area contributed by atoms with Crippen LogP contribution < -0.4 is 9.46 Å². The zero-order chi connectivity index (χ0) is 16.0. The number of nitrogens with one attached hydrogen (secondary N) is 1. The molecule has 1 heterocycles. The largest absolute Gasteiger partial charge is 0.490 e. The molecule has 1 fully saturated rings. The van der Waals surface area contributed by atoms with Crippen molar-refractivity contribution in [2.45, 2.75) is 45.6 Å². The highest BCUT2D eigenvalue weighted by atomic mass is 32.2. The van der Waals surface area contributed by atoms with Gasteiger partial charge in [-0.1, -0.05) is 26.0 Å². The summed E-state index contributed by atoms with van der Waals surface area (Å²) in [6.07, 6.45) is 3.32. The summed E-state index contributed by atoms with van der Waals surface area (Å²) in [5.41, 5.74) is 1.25. The van der Waals surface area contributed by atoms with Crippen LogP contribution in [0.2, 0.25) is 0 Å². The third-order valence-corrected chi connectivity index (χ3v) is 5.50. The summed E-state index contributed by atoms with van der Waals surface area (Å²) in [6, 6.07) is 8.11. The second kappa shape index (κ2) is 7.94. The van der Waals surface area contributed by atoms with Crippen molar-refractivity contribution in [3.8, 4) is 5.75 Å². The molecule has 1 N–H and O–H groups in total. The van der Waals surface area contributed by atoms with Crippen molar-refractivity contribution < 1.29 is 13.2 Å². The number of rotatable bonds is 7. The quantitative estimate of drug-likeness (QED) is 0.837. The fourth-order valence-electron chi connectivity index (χ4n) is 2.54. The number of nitrogens with zero attached hydrogens (tertiary/aromatic N) is 1. The van der Waals surface area contributed by atoms with Gasteiger partial charge in [-0.15, -0.1) is 0 Å². The molecule has 1 aromatic carbocycles. The molecule has 1 aliphatic rings. The Labute approximate surface area is 133 Å². The maximum absolute atomic E-state index is 12.1. The van der Waals surface area contributed by atoms with Crippen molar-refractivity contribution in [3.63, 3.8) is 0 Å². The summed E-state index contributed by atoms with van der Waals surface area (Å²) >= 11 is 0. The Bertz CT molecular complexity index is 567. The highest BCUT2D eigenvalue weighted by Gasteiger charge is 2.28. The van der Waals surface area contributed by atoms with E-state index in [4.69, 9.17) is 4.74 Å². The third kappa shape index (κ3) is 4.69. The molecular formula is C16H26N2O3S. The summed E-state index contributed by atoms with van der Waals surface area (Å²) in [5, 5.41) is 0. The minimum Gasteiger partial charge on any atom is -0.490 e. The Morgan fingerprint density at radius 2 is 2.00 bits per heavy atom. The summed E-state index contributed by atoms with van der Waals surface area (Å²) in [7, 11) is -3.32. The number of hydrogen-bond acceptors (Lipinski definition) is 3. The van der Waals surface area contributed by atoms with Crippen molar-refractivity contribution in [1.82, 2.24) is 9.03 Å². The van der Waals surface area contributed by atoms with E-state index in [2.05, 4.69) is 23.8 Å². The van der Waals surface area contributed by atoms with Gasteiger partial charge in [-0.2, -0.15) is 12.7 Å². The van der Waals surface area contributed by atoms with Gasteiger partial charge in [0.15, 0.2) is 0 Å². The Hall–Kier alpha value is -1.11. The number of piperidine rings is 1. The van der Waals surface area contributed by atoms with Gasteiger partial charge in [-0.05, 0) is 43.4 Å². The molecule has 1 saturated heterocycles. The second-order valence-electron chi connectivity index (χ2n) is 5.62. The first-order valence-corrected chi connectivity index (χ1v) is 9.49. The van der Waals surface area contributed by atoms with Gasteiger partial charge in [0.25, 0.3) is 10.2 Å². The molecule has 2 rings (SSSR count). The molecule has 22 heavy (non-hydrogen) atoms. The van der Waals surface area contributed by atoms with Crippen molar-refractivity contribution in [3.05, 3.63) is 29.8 Å². The lowest BCUT2D eigenvalue weighted by Crippen LogP contribution is -2.47. The zero-order valence-electron chi connectivity index (χ0n) is 13.4. The number of aryl methyl sites for hydroxylation is 1. The van der Waals surface area contributed by atoms with Crippen LogP contribution in [0, 0.1) is 0 Å². The van der Waals surface area contributed by atoms with Gasteiger partial charge < -0.3 is 4.74 Å². The van der Waals surface area contributed by atoms with E-state index in [0.29, 0.717) is 19.6 Å². The van der Waals surface area contributed by atoms with E-state index < -0.39 is 10.2 Å². The highest BCUT2D eigenvalue weighted by molar-refractivity contribution is 7.87. The standard InChI is InChI=1S/C16H26N2O3S/c1-3-10-17-22(19,20)18-11-8-15(9-12-18)21-16-7-5-6-14(4-2)13-16/h5-7,13,15,17H,3-4,8-12H2,1-2H3. The van der Waals surface area contributed by atoms with Crippen LogP contribution in [0.1, 0.15) is 38.7 Å². The molecular weight excluding hydrogens is 300 g/mol. The summed E-state index contributed by atoms with van der Waals surface area (Å²) in [6.45, 7) is 5.58. The van der Waals surface area contributed by atoms with Gasteiger partial charge in [0.05, 0.1) is 0 Å². The van der Waals surface area contributed by atoms with Crippen LogP contribution in [0.4, 0.5) is 0 Å². The van der Waals surface area contributed by atoms with Crippen molar-refractivity contribution >= 4 is 10.2 Å². The normalized spacial score (nSPS) is 17.5. The van der Waals surface area contributed by atoms with Gasteiger partial charge in [0.2, 0.25) is 0 Å². The van der Waals surface area contributed by atoms with Gasteiger partial charge in [-0.25, -0.2) is 4.72 Å². The molecule has 0 unspecified atom stereocenters. The SMILES string of the molecule is CCCNS(=O)(=O)N1CCC(Oc2cccc(CC)c2)CC1. The van der Waals surface area contributed by atoms with Gasteiger partial charge in [0.1, 0.15) is 11.9 Å². The third-order valence-electron chi connectivity index (χ3n) is 3.88. The Balaban J connectivity index is 1.86. The molecule has 0 aliphatic carbocycles. The predicted octanol–water partition coefficient (Wildman–Crippen LogP) is 2.34. The highest BCUT2D eigenvalue weighted by Crippen LogP contribution is 2.21. The topological polar surface area (TPSA) is 58.6 Å². The van der Waals surface area contributed by atoms with Crippen molar-refractivity contribution in [2.75, 3.05) is 19.6 Å². The Kier molecular flexibility index (Phi) is 6.23. The maximum Gasteiger partial charge on any atom is 0.279 e. The van der Waals surface area contributed by atoms with E-state index in [1.165, 1.54) is 9.87 Å². The van der Waals surface area contributed by atoms with E-state index >= 15 is 0 Å². The molecule has 124 valence electrons. The molecule has 5 nitrogen and oxygen atoms in total. The van der Waals surface area contributed by atoms with Gasteiger partial charge >= 0.3 is 0 Å². The molecule has 0 atom stereocenters. The average Bonchev–Trinajstić information content (AvgIpc) is 2.54. The average molecular weight is 326 g/mol. The molecule has 0 aromatic heterocycles. The Morgan fingerprint density at radius 3 is 2.64 bits per heavy atom. The molecule has 1 aliphatic heterocycles. The molecule has 0 amide bonds. The summed E-state index contributed by atoms with van der Waals surface area (Å²) < 4.78 is 34.3. The lowest BCUT2D eigenvalue weighted by Gasteiger charge is -2.31. The van der Waals surface area contributed by atoms with Crippen LogP contribution in [0.3, 0.4) is 0 Å². The predicted molar refractivity (Wildman–Crippen MR) is 88.3 cm³/mol.